The van der Waals surface area contributed by atoms with Gasteiger partial charge in [0.25, 0.3) is 11.8 Å². The normalized spacial score (nSPS) is 17.9. The molecule has 7 heteroatoms. The van der Waals surface area contributed by atoms with Crippen molar-refractivity contribution in [2.45, 2.75) is 20.3 Å². The topological polar surface area (TPSA) is 61.9 Å². The van der Waals surface area contributed by atoms with E-state index >= 15 is 0 Å². The largest absolute Gasteiger partial charge is 0.379 e. The second-order valence-corrected chi connectivity index (χ2v) is 8.67. The van der Waals surface area contributed by atoms with Crippen LogP contribution in [0, 0.1) is 13.8 Å². The molecule has 0 spiro atoms. The van der Waals surface area contributed by atoms with Crippen LogP contribution in [0.15, 0.2) is 41.4 Å². The smallest absolute Gasteiger partial charge is 0.278 e. The number of nitrogens with zero attached hydrogens (tertiary/aromatic N) is 2. The van der Waals surface area contributed by atoms with E-state index < -0.39 is 0 Å². The van der Waals surface area contributed by atoms with Crippen molar-refractivity contribution in [3.8, 4) is 0 Å². The molecule has 1 fully saturated rings. The van der Waals surface area contributed by atoms with Crippen LogP contribution in [0.5, 0.6) is 0 Å². The van der Waals surface area contributed by atoms with Crippen molar-refractivity contribution in [3.05, 3.63) is 57.4 Å². The van der Waals surface area contributed by atoms with Gasteiger partial charge in [-0.25, -0.2) is 0 Å². The lowest BCUT2D eigenvalue weighted by Gasteiger charge is -2.27. The van der Waals surface area contributed by atoms with Crippen molar-refractivity contribution in [2.24, 2.45) is 0 Å². The molecule has 0 aliphatic carbocycles. The molecule has 2 aliphatic rings. The summed E-state index contributed by atoms with van der Waals surface area (Å²) in [4.78, 5) is 30.9. The predicted octanol–water partition coefficient (Wildman–Crippen LogP) is 3.28. The molecule has 1 aromatic carbocycles. The minimum Gasteiger partial charge on any atom is -0.379 e. The summed E-state index contributed by atoms with van der Waals surface area (Å²) in [5.74, 6) is -0.459. The molecule has 0 radical (unpaired) electrons. The van der Waals surface area contributed by atoms with E-state index in [1.54, 1.807) is 0 Å². The van der Waals surface area contributed by atoms with E-state index in [1.807, 2.05) is 42.6 Å². The number of hydrogen-bond donors (Lipinski definition) is 1. The molecule has 158 valence electrons. The van der Waals surface area contributed by atoms with Crippen LogP contribution in [0.3, 0.4) is 0 Å². The summed E-state index contributed by atoms with van der Waals surface area (Å²) < 4.78 is 5.38. The van der Waals surface area contributed by atoms with Gasteiger partial charge >= 0.3 is 0 Å². The SMILES string of the molecule is Cc1ccc(NC2=C(c3cccs3)C(=O)N(CCCN3CCOCC3)C2=O)cc1C. The van der Waals surface area contributed by atoms with Gasteiger partial charge in [-0.2, -0.15) is 0 Å². The Morgan fingerprint density at radius 1 is 1.03 bits per heavy atom. The maximum absolute atomic E-state index is 13.2. The van der Waals surface area contributed by atoms with Gasteiger partial charge in [-0.15, -0.1) is 11.3 Å². The van der Waals surface area contributed by atoms with Gasteiger partial charge in [-0.1, -0.05) is 12.1 Å². The average molecular weight is 426 g/mol. The molecule has 1 N–H and O–H groups in total. The molecule has 3 heterocycles. The van der Waals surface area contributed by atoms with Crippen LogP contribution in [0.25, 0.3) is 5.57 Å². The molecule has 1 aromatic heterocycles. The van der Waals surface area contributed by atoms with Gasteiger partial charge in [0.15, 0.2) is 0 Å². The first-order chi connectivity index (χ1) is 14.5. The molecule has 2 aliphatic heterocycles. The first-order valence-electron chi connectivity index (χ1n) is 10.3. The maximum Gasteiger partial charge on any atom is 0.278 e. The van der Waals surface area contributed by atoms with Crippen LogP contribution in [0.2, 0.25) is 0 Å². The third-order valence-corrected chi connectivity index (χ3v) is 6.56. The van der Waals surface area contributed by atoms with Crippen LogP contribution in [-0.4, -0.2) is 61.0 Å². The summed E-state index contributed by atoms with van der Waals surface area (Å²) in [5, 5.41) is 5.17. The molecule has 0 atom stereocenters. The number of hydrogen-bond acceptors (Lipinski definition) is 6. The van der Waals surface area contributed by atoms with Crippen molar-refractivity contribution in [1.29, 1.82) is 0 Å². The van der Waals surface area contributed by atoms with E-state index in [0.717, 1.165) is 55.4 Å². The predicted molar refractivity (Wildman–Crippen MR) is 119 cm³/mol. The summed E-state index contributed by atoms with van der Waals surface area (Å²) in [6.07, 6.45) is 0.756. The fourth-order valence-electron chi connectivity index (χ4n) is 3.79. The lowest BCUT2D eigenvalue weighted by atomic mass is 10.1. The van der Waals surface area contributed by atoms with E-state index in [1.165, 1.54) is 21.8 Å². The third kappa shape index (κ3) is 4.33. The number of imide groups is 1. The second kappa shape index (κ2) is 9.12. The highest BCUT2D eigenvalue weighted by Gasteiger charge is 2.39. The maximum atomic E-state index is 13.2. The van der Waals surface area contributed by atoms with Gasteiger partial charge in [0.2, 0.25) is 0 Å². The van der Waals surface area contributed by atoms with Crippen molar-refractivity contribution < 1.29 is 14.3 Å². The standard InChI is InChI=1S/C23H27N3O3S/c1-16-6-7-18(15-17(16)2)24-21-20(19-5-3-14-30-19)22(27)26(23(21)28)9-4-8-25-10-12-29-13-11-25/h3,5-7,14-15,24H,4,8-13H2,1-2H3. The Morgan fingerprint density at radius 2 is 1.83 bits per heavy atom. The number of benzene rings is 1. The summed E-state index contributed by atoms with van der Waals surface area (Å²) in [7, 11) is 0. The molecule has 0 unspecified atom stereocenters. The zero-order valence-corrected chi connectivity index (χ0v) is 18.3. The minimum atomic E-state index is -0.247. The third-order valence-electron chi connectivity index (χ3n) is 5.67. The van der Waals surface area contributed by atoms with Gasteiger partial charge in [0.1, 0.15) is 5.70 Å². The molecule has 30 heavy (non-hydrogen) atoms. The van der Waals surface area contributed by atoms with Crippen molar-refractivity contribution in [1.82, 2.24) is 9.80 Å². The van der Waals surface area contributed by atoms with Crippen molar-refractivity contribution in [3.63, 3.8) is 0 Å². The molecular formula is C23H27N3O3S. The average Bonchev–Trinajstić information content (AvgIpc) is 3.34. The Hall–Kier alpha value is -2.48. The van der Waals surface area contributed by atoms with Crippen LogP contribution in [0.4, 0.5) is 5.69 Å². The number of anilines is 1. The van der Waals surface area contributed by atoms with Crippen LogP contribution >= 0.6 is 11.3 Å². The van der Waals surface area contributed by atoms with Crippen LogP contribution in [0.1, 0.15) is 22.4 Å². The van der Waals surface area contributed by atoms with E-state index in [-0.39, 0.29) is 11.8 Å². The lowest BCUT2D eigenvalue weighted by molar-refractivity contribution is -0.136. The van der Waals surface area contributed by atoms with Crippen LogP contribution in [-0.2, 0) is 14.3 Å². The zero-order chi connectivity index (χ0) is 21.1. The van der Waals surface area contributed by atoms with E-state index in [4.69, 9.17) is 4.74 Å². The van der Waals surface area contributed by atoms with Gasteiger partial charge in [0.05, 0.1) is 18.8 Å². The number of morpholine rings is 1. The summed E-state index contributed by atoms with van der Waals surface area (Å²) in [6, 6.07) is 9.77. The summed E-state index contributed by atoms with van der Waals surface area (Å²) in [6.45, 7) is 8.66. The van der Waals surface area contributed by atoms with Gasteiger partial charge in [-0.3, -0.25) is 19.4 Å². The second-order valence-electron chi connectivity index (χ2n) is 7.72. The molecule has 0 bridgehead atoms. The van der Waals surface area contributed by atoms with Crippen molar-refractivity contribution in [2.75, 3.05) is 44.7 Å². The Labute approximate surface area is 181 Å². The number of carbonyl (C=O) groups is 2. The zero-order valence-electron chi connectivity index (χ0n) is 17.4. The fourth-order valence-corrected chi connectivity index (χ4v) is 4.55. The molecule has 2 amide bonds. The monoisotopic (exact) mass is 425 g/mol. The van der Waals surface area contributed by atoms with Crippen LogP contribution < -0.4 is 5.32 Å². The number of carbonyl (C=O) groups excluding carboxylic acids is 2. The first-order valence-corrected chi connectivity index (χ1v) is 11.2. The number of nitrogens with one attached hydrogen (secondary N) is 1. The molecule has 1 saturated heterocycles. The quantitative estimate of drug-likeness (QED) is 0.690. The Morgan fingerprint density at radius 3 is 2.53 bits per heavy atom. The molecule has 0 saturated carbocycles. The van der Waals surface area contributed by atoms with Gasteiger partial charge < -0.3 is 10.1 Å². The first kappa shape index (κ1) is 20.8. The van der Waals surface area contributed by atoms with Crippen molar-refractivity contribution >= 4 is 34.4 Å². The molecule has 2 aromatic rings. The minimum absolute atomic E-state index is 0.212. The van der Waals surface area contributed by atoms with E-state index in [9.17, 15) is 9.59 Å². The lowest BCUT2D eigenvalue weighted by Crippen LogP contribution is -2.39. The Bertz CT molecular complexity index is 962. The molecule has 4 rings (SSSR count). The molecule has 6 nitrogen and oxygen atoms in total. The summed E-state index contributed by atoms with van der Waals surface area (Å²) >= 11 is 1.47. The molecular weight excluding hydrogens is 398 g/mol. The number of amides is 2. The van der Waals surface area contributed by atoms with Gasteiger partial charge in [-0.05, 0) is 55.0 Å². The fraction of sp³-hybridized carbons (Fsp3) is 0.391. The number of aryl methyl sites for hydroxylation is 2. The Balaban J connectivity index is 1.52. The number of ether oxygens (including phenoxy) is 1. The van der Waals surface area contributed by atoms with Gasteiger partial charge in [0, 0.05) is 36.7 Å². The highest BCUT2D eigenvalue weighted by molar-refractivity contribution is 7.11. The number of rotatable bonds is 7. The van der Waals surface area contributed by atoms with E-state index in [0.29, 0.717) is 17.8 Å². The highest BCUT2D eigenvalue weighted by Crippen LogP contribution is 2.33. The summed E-state index contributed by atoms with van der Waals surface area (Å²) in [5.41, 5.74) is 3.99. The Kier molecular flexibility index (Phi) is 6.32. The number of thiophene rings is 1. The van der Waals surface area contributed by atoms with E-state index in [2.05, 4.69) is 17.1 Å². The highest BCUT2D eigenvalue weighted by atomic mass is 32.1.